The molecule has 2 atom stereocenters. The molecule has 138 valence electrons. The van der Waals surface area contributed by atoms with E-state index in [4.69, 9.17) is 9.73 Å². The number of likely N-dealkylation sites (tertiary alicyclic amines) is 1. The zero-order valence-electron chi connectivity index (χ0n) is 14.7. The molecule has 1 N–H and O–H groups in total. The van der Waals surface area contributed by atoms with Gasteiger partial charge in [0.1, 0.15) is 0 Å². The van der Waals surface area contributed by atoms with Gasteiger partial charge < -0.3 is 15.0 Å². The molecule has 0 aliphatic carbocycles. The largest absolute Gasteiger partial charge is 0.381 e. The lowest BCUT2D eigenvalue weighted by Crippen LogP contribution is -2.41. The molecule has 0 aromatic heterocycles. The molecule has 6 nitrogen and oxygen atoms in total. The van der Waals surface area contributed by atoms with Crippen molar-refractivity contribution in [3.63, 3.8) is 0 Å². The molecule has 0 aromatic carbocycles. The quantitative estimate of drug-likeness (QED) is 0.603. The van der Waals surface area contributed by atoms with E-state index in [1.807, 2.05) is 0 Å². The van der Waals surface area contributed by atoms with E-state index in [-0.39, 0.29) is 5.92 Å². The molecule has 3 aliphatic heterocycles. The van der Waals surface area contributed by atoms with Crippen LogP contribution in [-0.4, -0.2) is 70.2 Å². The topological polar surface area (TPSA) is 71.0 Å². The second-order valence-corrected chi connectivity index (χ2v) is 9.64. The Kier molecular flexibility index (Phi) is 6.02. The minimum Gasteiger partial charge on any atom is -0.381 e. The van der Waals surface area contributed by atoms with E-state index in [0.717, 1.165) is 57.1 Å². The SMILES string of the molecule is CCNC(=NCC1CCS(=O)(=O)C1)N1CCC(C2CCOCC2)C1. The predicted molar refractivity (Wildman–Crippen MR) is 96.0 cm³/mol. The number of guanidine groups is 1. The molecule has 0 radical (unpaired) electrons. The molecule has 0 saturated carbocycles. The van der Waals surface area contributed by atoms with Crippen LogP contribution in [0.1, 0.15) is 32.6 Å². The third-order valence-electron chi connectivity index (χ3n) is 5.62. The Morgan fingerprint density at radius 3 is 2.67 bits per heavy atom. The Labute approximate surface area is 146 Å². The number of hydrogen-bond donors (Lipinski definition) is 1. The fraction of sp³-hybridized carbons (Fsp3) is 0.941. The summed E-state index contributed by atoms with van der Waals surface area (Å²) >= 11 is 0. The molecule has 3 fully saturated rings. The highest BCUT2D eigenvalue weighted by Crippen LogP contribution is 2.31. The van der Waals surface area contributed by atoms with Gasteiger partial charge in [-0.15, -0.1) is 0 Å². The van der Waals surface area contributed by atoms with Crippen LogP contribution in [0.2, 0.25) is 0 Å². The van der Waals surface area contributed by atoms with Gasteiger partial charge >= 0.3 is 0 Å². The number of sulfone groups is 1. The van der Waals surface area contributed by atoms with Crippen molar-refractivity contribution in [3.8, 4) is 0 Å². The molecule has 2 unspecified atom stereocenters. The summed E-state index contributed by atoms with van der Waals surface area (Å²) in [5.41, 5.74) is 0. The Morgan fingerprint density at radius 1 is 1.21 bits per heavy atom. The third-order valence-corrected chi connectivity index (χ3v) is 7.45. The molecule has 0 spiro atoms. The zero-order chi connectivity index (χ0) is 17.0. The Hall–Kier alpha value is -0.820. The van der Waals surface area contributed by atoms with Gasteiger partial charge in [0, 0.05) is 39.4 Å². The molecule has 3 rings (SSSR count). The lowest BCUT2D eigenvalue weighted by atomic mass is 9.85. The van der Waals surface area contributed by atoms with Crippen molar-refractivity contribution in [1.29, 1.82) is 0 Å². The molecular formula is C17H31N3O3S. The highest BCUT2D eigenvalue weighted by molar-refractivity contribution is 7.91. The number of ether oxygens (including phenoxy) is 1. The molecule has 24 heavy (non-hydrogen) atoms. The standard InChI is InChI=1S/C17H31N3O3S/c1-2-18-17(19-11-14-6-10-24(21,22)13-14)20-7-3-16(12-20)15-4-8-23-9-5-15/h14-16H,2-13H2,1H3,(H,18,19). The first-order valence-electron chi connectivity index (χ1n) is 9.39. The fourth-order valence-electron chi connectivity index (χ4n) is 4.21. The van der Waals surface area contributed by atoms with E-state index in [2.05, 4.69) is 17.1 Å². The first kappa shape index (κ1) is 18.0. The van der Waals surface area contributed by atoms with E-state index >= 15 is 0 Å². The summed E-state index contributed by atoms with van der Waals surface area (Å²) in [6, 6.07) is 0. The normalized spacial score (nSPS) is 31.5. The van der Waals surface area contributed by atoms with Crippen LogP contribution in [0.4, 0.5) is 0 Å². The molecule has 3 saturated heterocycles. The summed E-state index contributed by atoms with van der Waals surface area (Å²) in [4.78, 5) is 7.13. The Morgan fingerprint density at radius 2 is 2.00 bits per heavy atom. The first-order valence-corrected chi connectivity index (χ1v) is 11.2. The van der Waals surface area contributed by atoms with Gasteiger partial charge in [-0.2, -0.15) is 0 Å². The van der Waals surface area contributed by atoms with Crippen LogP contribution in [0.3, 0.4) is 0 Å². The second-order valence-electron chi connectivity index (χ2n) is 7.41. The lowest BCUT2D eigenvalue weighted by Gasteiger charge is -2.28. The van der Waals surface area contributed by atoms with Gasteiger partial charge in [0.2, 0.25) is 0 Å². The smallest absolute Gasteiger partial charge is 0.193 e. The average Bonchev–Trinajstić information content (AvgIpc) is 3.19. The third kappa shape index (κ3) is 4.63. The maximum atomic E-state index is 11.6. The summed E-state index contributed by atoms with van der Waals surface area (Å²) in [5, 5.41) is 3.39. The van der Waals surface area contributed by atoms with Gasteiger partial charge in [-0.05, 0) is 50.4 Å². The highest BCUT2D eigenvalue weighted by atomic mass is 32.2. The van der Waals surface area contributed by atoms with Gasteiger partial charge in [0.15, 0.2) is 15.8 Å². The van der Waals surface area contributed by atoms with Gasteiger partial charge in [0.25, 0.3) is 0 Å². The van der Waals surface area contributed by atoms with Crippen LogP contribution in [-0.2, 0) is 14.6 Å². The summed E-state index contributed by atoms with van der Waals surface area (Å²) in [5.74, 6) is 3.32. The van der Waals surface area contributed by atoms with Crippen molar-refractivity contribution in [2.45, 2.75) is 32.6 Å². The van der Waals surface area contributed by atoms with Gasteiger partial charge in [-0.1, -0.05) is 0 Å². The number of aliphatic imine (C=N–C) groups is 1. The van der Waals surface area contributed by atoms with E-state index in [0.29, 0.717) is 18.1 Å². The maximum absolute atomic E-state index is 11.6. The second kappa shape index (κ2) is 8.04. The van der Waals surface area contributed by atoms with Crippen molar-refractivity contribution < 1.29 is 13.2 Å². The Balaban J connectivity index is 1.56. The van der Waals surface area contributed by atoms with Crippen molar-refractivity contribution in [2.24, 2.45) is 22.7 Å². The fourth-order valence-corrected chi connectivity index (χ4v) is 6.06. The lowest BCUT2D eigenvalue weighted by molar-refractivity contribution is 0.0488. The van der Waals surface area contributed by atoms with E-state index in [1.165, 1.54) is 19.3 Å². The molecule has 7 heteroatoms. The number of nitrogens with zero attached hydrogens (tertiary/aromatic N) is 2. The van der Waals surface area contributed by atoms with Crippen molar-refractivity contribution in [2.75, 3.05) is 50.9 Å². The van der Waals surface area contributed by atoms with E-state index in [9.17, 15) is 8.42 Å². The van der Waals surface area contributed by atoms with E-state index in [1.54, 1.807) is 0 Å². The Bertz CT molecular complexity index is 543. The minimum absolute atomic E-state index is 0.192. The summed E-state index contributed by atoms with van der Waals surface area (Å²) in [6.07, 6.45) is 4.36. The first-order chi connectivity index (χ1) is 11.6. The van der Waals surface area contributed by atoms with Crippen molar-refractivity contribution in [3.05, 3.63) is 0 Å². The van der Waals surface area contributed by atoms with Gasteiger partial charge in [0.05, 0.1) is 11.5 Å². The minimum atomic E-state index is -2.81. The summed E-state index contributed by atoms with van der Waals surface area (Å²) < 4.78 is 28.7. The zero-order valence-corrected chi connectivity index (χ0v) is 15.6. The van der Waals surface area contributed by atoms with Crippen LogP contribution < -0.4 is 5.32 Å². The maximum Gasteiger partial charge on any atom is 0.193 e. The van der Waals surface area contributed by atoms with Crippen LogP contribution in [0.25, 0.3) is 0 Å². The highest BCUT2D eigenvalue weighted by Gasteiger charge is 2.32. The molecule has 0 aromatic rings. The number of nitrogens with one attached hydrogen (secondary N) is 1. The molecule has 0 amide bonds. The van der Waals surface area contributed by atoms with Crippen LogP contribution >= 0.6 is 0 Å². The molecule has 3 aliphatic rings. The molecule has 3 heterocycles. The molecule has 0 bridgehead atoms. The van der Waals surface area contributed by atoms with Gasteiger partial charge in [-0.25, -0.2) is 8.42 Å². The monoisotopic (exact) mass is 357 g/mol. The summed E-state index contributed by atoms with van der Waals surface area (Å²) in [6.45, 7) is 7.50. The van der Waals surface area contributed by atoms with Crippen molar-refractivity contribution in [1.82, 2.24) is 10.2 Å². The average molecular weight is 358 g/mol. The number of rotatable bonds is 4. The van der Waals surface area contributed by atoms with Crippen LogP contribution in [0, 0.1) is 17.8 Å². The predicted octanol–water partition coefficient (Wildman–Crippen LogP) is 1.14. The van der Waals surface area contributed by atoms with Gasteiger partial charge in [-0.3, -0.25) is 4.99 Å². The van der Waals surface area contributed by atoms with E-state index < -0.39 is 9.84 Å². The van der Waals surface area contributed by atoms with Crippen LogP contribution in [0.5, 0.6) is 0 Å². The van der Waals surface area contributed by atoms with Crippen molar-refractivity contribution >= 4 is 15.8 Å². The number of hydrogen-bond acceptors (Lipinski definition) is 4. The molecular weight excluding hydrogens is 326 g/mol. The van der Waals surface area contributed by atoms with Crippen LogP contribution in [0.15, 0.2) is 4.99 Å². The summed E-state index contributed by atoms with van der Waals surface area (Å²) in [7, 11) is -2.81.